The number of hydrogen-bond donors (Lipinski definition) is 3. The molecule has 0 spiro atoms. The van der Waals surface area contributed by atoms with Crippen LogP contribution in [-0.2, 0) is 16.1 Å². The molecule has 1 atom stereocenters. The number of carboxylic acids is 1. The summed E-state index contributed by atoms with van der Waals surface area (Å²) >= 11 is 0. The third-order valence-corrected chi connectivity index (χ3v) is 6.17. The normalized spacial score (nSPS) is 12.8. The van der Waals surface area contributed by atoms with Crippen molar-refractivity contribution in [2.45, 2.75) is 38.3 Å². The maximum absolute atomic E-state index is 12.8. The molecule has 4 rings (SSSR count). The van der Waals surface area contributed by atoms with Crippen molar-refractivity contribution in [2.75, 3.05) is 6.61 Å². The molecule has 1 aliphatic carbocycles. The number of carbonyl (C=O) groups is 3. The molecule has 2 amide bonds. The van der Waals surface area contributed by atoms with E-state index in [-0.39, 0.29) is 30.5 Å². The summed E-state index contributed by atoms with van der Waals surface area (Å²) in [5, 5.41) is 14.6. The smallest absolute Gasteiger partial charge is 0.407 e. The van der Waals surface area contributed by atoms with Crippen LogP contribution in [0.2, 0.25) is 0 Å². The molecule has 0 bridgehead atoms. The average molecular weight is 473 g/mol. The Morgan fingerprint density at radius 1 is 0.943 bits per heavy atom. The minimum Gasteiger partial charge on any atom is -0.478 e. The summed E-state index contributed by atoms with van der Waals surface area (Å²) in [4.78, 5) is 36.5. The summed E-state index contributed by atoms with van der Waals surface area (Å²) in [6, 6.07) is 21.8. The lowest BCUT2D eigenvalue weighted by molar-refractivity contribution is -0.123. The molecule has 3 aromatic rings. The van der Waals surface area contributed by atoms with Gasteiger partial charge in [-0.15, -0.1) is 0 Å². The molecular weight excluding hydrogens is 444 g/mol. The van der Waals surface area contributed by atoms with Gasteiger partial charge in [0.1, 0.15) is 12.6 Å². The van der Waals surface area contributed by atoms with Crippen molar-refractivity contribution in [2.24, 2.45) is 0 Å². The van der Waals surface area contributed by atoms with E-state index in [1.54, 1.807) is 12.1 Å². The molecule has 3 N–H and O–H groups in total. The Morgan fingerprint density at radius 3 is 2.23 bits per heavy atom. The average Bonchev–Trinajstić information content (AvgIpc) is 3.19. The molecule has 0 unspecified atom stereocenters. The summed E-state index contributed by atoms with van der Waals surface area (Å²) in [7, 11) is 0. The molecule has 0 heterocycles. The van der Waals surface area contributed by atoms with Gasteiger partial charge < -0.3 is 20.5 Å². The van der Waals surface area contributed by atoms with Crippen LogP contribution in [0.1, 0.15) is 52.7 Å². The Labute approximate surface area is 204 Å². The molecular formula is C28H28N2O5. The number of alkyl carbamates (subject to hydrolysis) is 1. The fourth-order valence-corrected chi connectivity index (χ4v) is 4.47. The van der Waals surface area contributed by atoms with Gasteiger partial charge in [0.15, 0.2) is 0 Å². The van der Waals surface area contributed by atoms with Crippen LogP contribution in [0.3, 0.4) is 0 Å². The van der Waals surface area contributed by atoms with Gasteiger partial charge in [0.2, 0.25) is 5.91 Å². The number of hydrogen-bond acceptors (Lipinski definition) is 4. The molecule has 1 aliphatic rings. The van der Waals surface area contributed by atoms with Crippen LogP contribution in [-0.4, -0.2) is 35.7 Å². The largest absolute Gasteiger partial charge is 0.478 e. The molecule has 180 valence electrons. The zero-order valence-corrected chi connectivity index (χ0v) is 19.5. The maximum atomic E-state index is 12.8. The predicted molar refractivity (Wildman–Crippen MR) is 132 cm³/mol. The molecule has 0 aromatic heterocycles. The lowest BCUT2D eigenvalue weighted by Gasteiger charge is -2.19. The summed E-state index contributed by atoms with van der Waals surface area (Å²) in [5.74, 6) is -1.44. The summed E-state index contributed by atoms with van der Waals surface area (Å²) in [5.41, 5.74) is 5.34. The van der Waals surface area contributed by atoms with E-state index in [2.05, 4.69) is 22.8 Å². The van der Waals surface area contributed by atoms with E-state index >= 15 is 0 Å². The third kappa shape index (κ3) is 5.51. The Morgan fingerprint density at radius 2 is 1.60 bits per heavy atom. The van der Waals surface area contributed by atoms with Crippen LogP contribution in [0.5, 0.6) is 0 Å². The van der Waals surface area contributed by atoms with Gasteiger partial charge in [0, 0.05) is 12.5 Å². The molecule has 3 aromatic carbocycles. The highest BCUT2D eigenvalue weighted by Crippen LogP contribution is 2.44. The lowest BCUT2D eigenvalue weighted by Crippen LogP contribution is -2.46. The van der Waals surface area contributed by atoms with E-state index in [1.165, 1.54) is 12.1 Å². The van der Waals surface area contributed by atoms with Gasteiger partial charge in [0.05, 0.1) is 5.56 Å². The number of nitrogens with one attached hydrogen (secondary N) is 2. The molecule has 35 heavy (non-hydrogen) atoms. The van der Waals surface area contributed by atoms with Crippen LogP contribution < -0.4 is 10.6 Å². The molecule has 7 heteroatoms. The second-order valence-corrected chi connectivity index (χ2v) is 8.53. The van der Waals surface area contributed by atoms with Crippen molar-refractivity contribution in [1.82, 2.24) is 10.6 Å². The number of carboxylic acid groups (broad SMARTS) is 1. The van der Waals surface area contributed by atoms with E-state index in [1.807, 2.05) is 43.3 Å². The molecule has 0 saturated carbocycles. The maximum Gasteiger partial charge on any atom is 0.407 e. The predicted octanol–water partition coefficient (Wildman–Crippen LogP) is 4.71. The Kier molecular flexibility index (Phi) is 7.45. The SMILES string of the molecule is CCC[C@@H](NC(=O)OCC1c2ccccc2-c2ccccc21)C(=O)NCc1cccc(C(=O)O)c1. The van der Waals surface area contributed by atoms with Gasteiger partial charge >= 0.3 is 12.1 Å². The molecule has 0 saturated heterocycles. The van der Waals surface area contributed by atoms with Gasteiger partial charge in [-0.2, -0.15) is 0 Å². The topological polar surface area (TPSA) is 105 Å². The second-order valence-electron chi connectivity index (χ2n) is 8.53. The van der Waals surface area contributed by atoms with Crippen LogP contribution in [0, 0.1) is 0 Å². The van der Waals surface area contributed by atoms with Crippen molar-refractivity contribution in [1.29, 1.82) is 0 Å². The van der Waals surface area contributed by atoms with Crippen LogP contribution in [0.25, 0.3) is 11.1 Å². The lowest BCUT2D eigenvalue weighted by atomic mass is 9.98. The van der Waals surface area contributed by atoms with Gasteiger partial charge in [-0.25, -0.2) is 9.59 Å². The molecule has 0 radical (unpaired) electrons. The van der Waals surface area contributed by atoms with Crippen LogP contribution >= 0.6 is 0 Å². The fraction of sp³-hybridized carbons (Fsp3) is 0.250. The second kappa shape index (κ2) is 10.9. The number of amides is 2. The minimum absolute atomic E-state index is 0.0619. The number of fused-ring (bicyclic) bond motifs is 3. The first-order valence-corrected chi connectivity index (χ1v) is 11.7. The van der Waals surface area contributed by atoms with Crippen molar-refractivity contribution in [3.63, 3.8) is 0 Å². The van der Waals surface area contributed by atoms with Crippen molar-refractivity contribution in [3.05, 3.63) is 95.1 Å². The van der Waals surface area contributed by atoms with Crippen molar-refractivity contribution >= 4 is 18.0 Å². The highest BCUT2D eigenvalue weighted by atomic mass is 16.5. The third-order valence-electron chi connectivity index (χ3n) is 6.17. The Hall–Kier alpha value is -4.13. The van der Waals surface area contributed by atoms with Crippen LogP contribution in [0.15, 0.2) is 72.8 Å². The summed E-state index contributed by atoms with van der Waals surface area (Å²) < 4.78 is 5.58. The quantitative estimate of drug-likeness (QED) is 0.418. The first-order valence-electron chi connectivity index (χ1n) is 11.7. The number of aromatic carboxylic acids is 1. The van der Waals surface area contributed by atoms with Gasteiger partial charge in [-0.3, -0.25) is 4.79 Å². The monoisotopic (exact) mass is 472 g/mol. The molecule has 7 nitrogen and oxygen atoms in total. The highest BCUT2D eigenvalue weighted by molar-refractivity contribution is 5.88. The van der Waals surface area contributed by atoms with E-state index in [9.17, 15) is 14.4 Å². The Bertz CT molecular complexity index is 1190. The van der Waals surface area contributed by atoms with Gasteiger partial charge in [-0.1, -0.05) is 74.0 Å². The number of carbonyl (C=O) groups excluding carboxylic acids is 2. The first-order chi connectivity index (χ1) is 17.0. The minimum atomic E-state index is -1.03. The van der Waals surface area contributed by atoms with Gasteiger partial charge in [-0.05, 0) is 46.4 Å². The number of benzene rings is 3. The molecule has 0 aliphatic heterocycles. The number of rotatable bonds is 9. The Balaban J connectivity index is 1.36. The fourth-order valence-electron chi connectivity index (χ4n) is 4.47. The van der Waals surface area contributed by atoms with E-state index < -0.39 is 18.1 Å². The van der Waals surface area contributed by atoms with Gasteiger partial charge in [0.25, 0.3) is 0 Å². The van der Waals surface area contributed by atoms with Crippen molar-refractivity contribution < 1.29 is 24.2 Å². The van der Waals surface area contributed by atoms with E-state index in [0.717, 1.165) is 22.3 Å². The molecule has 0 fully saturated rings. The zero-order valence-electron chi connectivity index (χ0n) is 19.5. The summed E-state index contributed by atoms with van der Waals surface area (Å²) in [6.07, 6.45) is 0.495. The van der Waals surface area contributed by atoms with E-state index in [0.29, 0.717) is 18.4 Å². The van der Waals surface area contributed by atoms with E-state index in [4.69, 9.17) is 9.84 Å². The number of ether oxygens (including phenoxy) is 1. The summed E-state index contributed by atoms with van der Waals surface area (Å²) in [6.45, 7) is 2.25. The zero-order chi connectivity index (χ0) is 24.8. The van der Waals surface area contributed by atoms with Crippen molar-refractivity contribution in [3.8, 4) is 11.1 Å². The highest BCUT2D eigenvalue weighted by Gasteiger charge is 2.29. The van der Waals surface area contributed by atoms with Crippen LogP contribution in [0.4, 0.5) is 4.79 Å². The first kappa shape index (κ1) is 24.0. The standard InChI is InChI=1S/C28H28N2O5/c1-2-8-25(26(31)29-16-18-9-7-10-19(15-18)27(32)33)30-28(34)35-17-24-22-13-5-3-11-20(22)21-12-4-6-14-23(21)24/h3-7,9-15,24-25H,2,8,16-17H2,1H3,(H,29,31)(H,30,34)(H,32,33)/t25-/m1/s1.